The van der Waals surface area contributed by atoms with Crippen LogP contribution in [0.15, 0.2) is 9.98 Å². The van der Waals surface area contributed by atoms with Gasteiger partial charge in [-0.2, -0.15) is 0 Å². The number of anilines is 1. The highest BCUT2D eigenvalue weighted by atomic mass is 79.9. The SMILES string of the molecule is NC1CCCCC1Nc1nc(Br)cs1. The van der Waals surface area contributed by atoms with E-state index in [-0.39, 0.29) is 6.04 Å². The van der Waals surface area contributed by atoms with Crippen molar-refractivity contribution < 1.29 is 0 Å². The summed E-state index contributed by atoms with van der Waals surface area (Å²) in [5.41, 5.74) is 6.04. The molecule has 1 aliphatic carbocycles. The van der Waals surface area contributed by atoms with Crippen molar-refractivity contribution in [2.75, 3.05) is 5.32 Å². The number of hydrogen-bond donors (Lipinski definition) is 2. The van der Waals surface area contributed by atoms with Crippen molar-refractivity contribution in [1.29, 1.82) is 0 Å². The van der Waals surface area contributed by atoms with Gasteiger partial charge in [-0.25, -0.2) is 4.98 Å². The van der Waals surface area contributed by atoms with Gasteiger partial charge in [-0.05, 0) is 28.8 Å². The predicted molar refractivity (Wildman–Crippen MR) is 63.7 cm³/mol. The molecule has 1 aromatic heterocycles. The molecule has 0 bridgehead atoms. The quantitative estimate of drug-likeness (QED) is 0.873. The van der Waals surface area contributed by atoms with Gasteiger partial charge in [0, 0.05) is 17.5 Å². The lowest BCUT2D eigenvalue weighted by molar-refractivity contribution is 0.404. The lowest BCUT2D eigenvalue weighted by Gasteiger charge is -2.28. The Morgan fingerprint density at radius 2 is 2.29 bits per heavy atom. The summed E-state index contributed by atoms with van der Waals surface area (Å²) in [5, 5.41) is 6.36. The fourth-order valence-electron chi connectivity index (χ4n) is 1.82. The van der Waals surface area contributed by atoms with Crippen molar-refractivity contribution in [3.05, 3.63) is 9.98 Å². The van der Waals surface area contributed by atoms with E-state index in [9.17, 15) is 0 Å². The standard InChI is InChI=1S/C9H14BrN3S/c10-8-5-14-9(13-8)12-7-4-2-1-3-6(7)11/h5-7H,1-4,11H2,(H,12,13). The van der Waals surface area contributed by atoms with Gasteiger partial charge in [-0.1, -0.05) is 12.8 Å². The Labute approximate surface area is 96.2 Å². The lowest BCUT2D eigenvalue weighted by atomic mass is 9.91. The Morgan fingerprint density at radius 1 is 1.50 bits per heavy atom. The van der Waals surface area contributed by atoms with Crippen LogP contribution in [0.25, 0.3) is 0 Å². The summed E-state index contributed by atoms with van der Waals surface area (Å²) in [6, 6.07) is 0.688. The first kappa shape index (κ1) is 10.4. The van der Waals surface area contributed by atoms with Crippen LogP contribution in [-0.4, -0.2) is 17.1 Å². The first-order chi connectivity index (χ1) is 6.75. The van der Waals surface area contributed by atoms with Gasteiger partial charge in [-0.3, -0.25) is 0 Å². The van der Waals surface area contributed by atoms with Gasteiger partial charge in [-0.15, -0.1) is 11.3 Å². The highest BCUT2D eigenvalue weighted by Gasteiger charge is 2.22. The molecule has 0 spiro atoms. The van der Waals surface area contributed by atoms with E-state index in [2.05, 4.69) is 26.2 Å². The third kappa shape index (κ3) is 2.46. The number of nitrogens with two attached hydrogens (primary N) is 1. The van der Waals surface area contributed by atoms with E-state index in [1.54, 1.807) is 11.3 Å². The highest BCUT2D eigenvalue weighted by molar-refractivity contribution is 9.10. The Bertz CT molecular complexity index is 302. The number of thiazole rings is 1. The number of halogens is 1. The molecular weight excluding hydrogens is 262 g/mol. The molecule has 0 aromatic carbocycles. The average molecular weight is 276 g/mol. The number of nitrogens with one attached hydrogen (secondary N) is 1. The topological polar surface area (TPSA) is 50.9 Å². The second-order valence-electron chi connectivity index (χ2n) is 3.67. The molecule has 2 atom stereocenters. The van der Waals surface area contributed by atoms with Crippen LogP contribution in [0.2, 0.25) is 0 Å². The molecule has 78 valence electrons. The summed E-state index contributed by atoms with van der Waals surface area (Å²) in [7, 11) is 0. The number of aromatic nitrogens is 1. The van der Waals surface area contributed by atoms with Crippen LogP contribution < -0.4 is 11.1 Å². The van der Waals surface area contributed by atoms with Crippen LogP contribution in [0.1, 0.15) is 25.7 Å². The third-order valence-corrected chi connectivity index (χ3v) is 4.09. The van der Waals surface area contributed by atoms with Crippen LogP contribution in [0.4, 0.5) is 5.13 Å². The van der Waals surface area contributed by atoms with E-state index < -0.39 is 0 Å². The normalized spacial score (nSPS) is 27.6. The Morgan fingerprint density at radius 3 is 2.93 bits per heavy atom. The fourth-order valence-corrected chi connectivity index (χ4v) is 3.02. The zero-order valence-corrected chi connectivity index (χ0v) is 10.3. The van der Waals surface area contributed by atoms with E-state index in [4.69, 9.17) is 5.73 Å². The largest absolute Gasteiger partial charge is 0.357 e. The zero-order valence-electron chi connectivity index (χ0n) is 7.87. The van der Waals surface area contributed by atoms with Gasteiger partial charge in [0.15, 0.2) is 5.13 Å². The van der Waals surface area contributed by atoms with E-state index in [1.165, 1.54) is 19.3 Å². The minimum Gasteiger partial charge on any atom is -0.357 e. The summed E-state index contributed by atoms with van der Waals surface area (Å²) in [4.78, 5) is 4.31. The molecule has 1 aliphatic rings. The van der Waals surface area contributed by atoms with Gasteiger partial charge in [0.2, 0.25) is 0 Å². The number of hydrogen-bond acceptors (Lipinski definition) is 4. The van der Waals surface area contributed by atoms with Crippen LogP contribution in [0.3, 0.4) is 0 Å². The summed E-state index contributed by atoms with van der Waals surface area (Å²) in [6.45, 7) is 0. The Hall–Kier alpha value is -0.130. The molecule has 1 heterocycles. The summed E-state index contributed by atoms with van der Waals surface area (Å²) in [6.07, 6.45) is 4.83. The zero-order chi connectivity index (χ0) is 9.97. The maximum Gasteiger partial charge on any atom is 0.184 e. The van der Waals surface area contributed by atoms with Crippen molar-refractivity contribution in [2.24, 2.45) is 5.73 Å². The molecule has 14 heavy (non-hydrogen) atoms. The first-order valence-electron chi connectivity index (χ1n) is 4.89. The maximum absolute atomic E-state index is 6.04. The fraction of sp³-hybridized carbons (Fsp3) is 0.667. The summed E-state index contributed by atoms with van der Waals surface area (Å²) >= 11 is 4.96. The molecule has 1 aromatic rings. The Kier molecular flexibility index (Phi) is 3.41. The molecule has 1 saturated carbocycles. The third-order valence-electron chi connectivity index (χ3n) is 2.60. The first-order valence-corrected chi connectivity index (χ1v) is 6.56. The van der Waals surface area contributed by atoms with Crippen LogP contribution in [0, 0.1) is 0 Å². The molecular formula is C9H14BrN3S. The van der Waals surface area contributed by atoms with Crippen LogP contribution in [-0.2, 0) is 0 Å². The van der Waals surface area contributed by atoms with Crippen molar-refractivity contribution in [1.82, 2.24) is 4.98 Å². The molecule has 3 N–H and O–H groups in total. The molecule has 0 aliphatic heterocycles. The maximum atomic E-state index is 6.04. The highest BCUT2D eigenvalue weighted by Crippen LogP contribution is 2.24. The molecule has 0 saturated heterocycles. The number of rotatable bonds is 2. The molecule has 2 unspecified atom stereocenters. The van der Waals surface area contributed by atoms with Crippen molar-refractivity contribution >= 4 is 32.4 Å². The van der Waals surface area contributed by atoms with E-state index >= 15 is 0 Å². The summed E-state index contributed by atoms with van der Waals surface area (Å²) < 4.78 is 0.898. The monoisotopic (exact) mass is 275 g/mol. The second-order valence-corrected chi connectivity index (χ2v) is 5.35. The molecule has 2 rings (SSSR count). The van der Waals surface area contributed by atoms with Crippen molar-refractivity contribution in [2.45, 2.75) is 37.8 Å². The molecule has 1 fully saturated rings. The average Bonchev–Trinajstić information content (AvgIpc) is 2.56. The van der Waals surface area contributed by atoms with E-state index in [0.29, 0.717) is 6.04 Å². The van der Waals surface area contributed by atoms with E-state index in [1.807, 2.05) is 5.38 Å². The van der Waals surface area contributed by atoms with Gasteiger partial charge in [0.1, 0.15) is 4.60 Å². The predicted octanol–water partition coefficient (Wildman–Crippen LogP) is 2.59. The van der Waals surface area contributed by atoms with Gasteiger partial charge in [0.05, 0.1) is 0 Å². The van der Waals surface area contributed by atoms with E-state index in [0.717, 1.165) is 16.2 Å². The molecule has 0 amide bonds. The number of nitrogens with zero attached hydrogens (tertiary/aromatic N) is 1. The molecule has 0 radical (unpaired) electrons. The van der Waals surface area contributed by atoms with Gasteiger partial charge < -0.3 is 11.1 Å². The minimum atomic E-state index is 0.284. The second kappa shape index (κ2) is 4.59. The smallest absolute Gasteiger partial charge is 0.184 e. The Balaban J connectivity index is 1.95. The van der Waals surface area contributed by atoms with Gasteiger partial charge in [0.25, 0.3) is 0 Å². The van der Waals surface area contributed by atoms with Crippen LogP contribution in [0.5, 0.6) is 0 Å². The van der Waals surface area contributed by atoms with Crippen molar-refractivity contribution in [3.8, 4) is 0 Å². The molecule has 3 nitrogen and oxygen atoms in total. The van der Waals surface area contributed by atoms with Gasteiger partial charge >= 0.3 is 0 Å². The molecule has 5 heteroatoms. The van der Waals surface area contributed by atoms with Crippen LogP contribution >= 0.6 is 27.3 Å². The van der Waals surface area contributed by atoms with Crippen molar-refractivity contribution in [3.63, 3.8) is 0 Å². The summed E-state index contributed by atoms with van der Waals surface area (Å²) in [5.74, 6) is 0. The lowest BCUT2D eigenvalue weighted by Crippen LogP contribution is -2.42. The minimum absolute atomic E-state index is 0.284.